The number of hydrogen-bond acceptors (Lipinski definition) is 3. The number of para-hydroxylation sites is 1. The molecule has 20 heavy (non-hydrogen) atoms. The number of nitrogens with zero attached hydrogens (tertiary/aromatic N) is 2. The Balaban J connectivity index is 2.07. The van der Waals surface area contributed by atoms with Gasteiger partial charge < -0.3 is 10.4 Å². The molecule has 0 aliphatic heterocycles. The molecule has 0 saturated carbocycles. The normalized spacial score (nSPS) is 13.8. The standard InChI is InChI=1S/C15H19N3O2/c1-11(10-19)12(2)16-15(20)14-8-9-18(17-14)13-6-4-3-5-7-13/h3-9,11-12,19H,10H2,1-2H3,(H,16,20). The third-order valence-electron chi connectivity index (χ3n) is 3.34. The zero-order valence-corrected chi connectivity index (χ0v) is 11.7. The topological polar surface area (TPSA) is 67.2 Å². The lowest BCUT2D eigenvalue weighted by Crippen LogP contribution is -2.38. The average molecular weight is 273 g/mol. The van der Waals surface area contributed by atoms with Gasteiger partial charge in [-0.3, -0.25) is 4.79 Å². The molecule has 1 heterocycles. The number of carbonyl (C=O) groups excluding carboxylic acids is 1. The lowest BCUT2D eigenvalue weighted by molar-refractivity contribution is 0.0911. The molecule has 2 atom stereocenters. The van der Waals surface area contributed by atoms with Crippen molar-refractivity contribution >= 4 is 5.91 Å². The van der Waals surface area contributed by atoms with Crippen molar-refractivity contribution in [1.29, 1.82) is 0 Å². The number of aliphatic hydroxyl groups excluding tert-OH is 1. The summed E-state index contributed by atoms with van der Waals surface area (Å²) in [5.74, 6) is -0.220. The van der Waals surface area contributed by atoms with Crippen molar-refractivity contribution < 1.29 is 9.90 Å². The van der Waals surface area contributed by atoms with E-state index in [4.69, 9.17) is 5.11 Å². The SMILES string of the molecule is CC(CO)C(C)NC(=O)c1ccn(-c2ccccc2)n1. The maximum Gasteiger partial charge on any atom is 0.272 e. The second kappa shape index (κ2) is 6.34. The second-order valence-corrected chi connectivity index (χ2v) is 4.90. The molecule has 0 radical (unpaired) electrons. The molecule has 106 valence electrons. The molecule has 2 aromatic rings. The highest BCUT2D eigenvalue weighted by Gasteiger charge is 2.16. The van der Waals surface area contributed by atoms with E-state index in [1.807, 2.05) is 44.2 Å². The van der Waals surface area contributed by atoms with Gasteiger partial charge in [0.05, 0.1) is 5.69 Å². The number of aliphatic hydroxyl groups is 1. The van der Waals surface area contributed by atoms with Gasteiger partial charge in [-0.05, 0) is 31.0 Å². The molecular formula is C15H19N3O2. The summed E-state index contributed by atoms with van der Waals surface area (Å²) in [5, 5.41) is 16.2. The van der Waals surface area contributed by atoms with E-state index in [0.29, 0.717) is 5.69 Å². The van der Waals surface area contributed by atoms with Gasteiger partial charge in [0, 0.05) is 18.8 Å². The Bertz CT molecular complexity index is 566. The summed E-state index contributed by atoms with van der Waals surface area (Å²) in [5.41, 5.74) is 1.27. The Labute approximate surface area is 118 Å². The molecule has 1 aromatic heterocycles. The summed E-state index contributed by atoms with van der Waals surface area (Å²) in [6, 6.07) is 11.2. The Morgan fingerprint density at radius 1 is 1.30 bits per heavy atom. The quantitative estimate of drug-likeness (QED) is 0.870. The predicted molar refractivity (Wildman–Crippen MR) is 76.7 cm³/mol. The van der Waals surface area contributed by atoms with E-state index in [2.05, 4.69) is 10.4 Å². The third-order valence-corrected chi connectivity index (χ3v) is 3.34. The van der Waals surface area contributed by atoms with Crippen molar-refractivity contribution in [3.8, 4) is 5.69 Å². The molecule has 0 saturated heterocycles. The summed E-state index contributed by atoms with van der Waals surface area (Å²) in [4.78, 5) is 12.1. The molecule has 0 bridgehead atoms. The van der Waals surface area contributed by atoms with Gasteiger partial charge >= 0.3 is 0 Å². The van der Waals surface area contributed by atoms with Crippen molar-refractivity contribution in [3.63, 3.8) is 0 Å². The van der Waals surface area contributed by atoms with Crippen LogP contribution in [0.25, 0.3) is 5.69 Å². The Morgan fingerprint density at radius 2 is 2.00 bits per heavy atom. The summed E-state index contributed by atoms with van der Waals surface area (Å²) in [7, 11) is 0. The smallest absolute Gasteiger partial charge is 0.272 e. The molecule has 5 nitrogen and oxygen atoms in total. The third kappa shape index (κ3) is 3.24. The van der Waals surface area contributed by atoms with E-state index >= 15 is 0 Å². The van der Waals surface area contributed by atoms with E-state index in [0.717, 1.165) is 5.69 Å². The van der Waals surface area contributed by atoms with Gasteiger partial charge in [0.2, 0.25) is 0 Å². The fourth-order valence-corrected chi connectivity index (χ4v) is 1.75. The van der Waals surface area contributed by atoms with E-state index in [9.17, 15) is 4.79 Å². The van der Waals surface area contributed by atoms with Crippen molar-refractivity contribution in [3.05, 3.63) is 48.3 Å². The van der Waals surface area contributed by atoms with Crippen LogP contribution in [0.3, 0.4) is 0 Å². The largest absolute Gasteiger partial charge is 0.396 e. The molecule has 0 aliphatic rings. The first kappa shape index (κ1) is 14.3. The number of amides is 1. The van der Waals surface area contributed by atoms with Crippen molar-refractivity contribution in [1.82, 2.24) is 15.1 Å². The van der Waals surface area contributed by atoms with E-state index in [-0.39, 0.29) is 24.5 Å². The molecule has 1 amide bonds. The molecule has 0 aliphatic carbocycles. The number of aromatic nitrogens is 2. The first-order chi connectivity index (χ1) is 9.61. The maximum atomic E-state index is 12.1. The summed E-state index contributed by atoms with van der Waals surface area (Å²) in [6.07, 6.45) is 1.75. The lowest BCUT2D eigenvalue weighted by Gasteiger charge is -2.18. The highest BCUT2D eigenvalue weighted by molar-refractivity contribution is 5.92. The minimum atomic E-state index is -0.229. The fraction of sp³-hybridized carbons (Fsp3) is 0.333. The molecule has 0 fully saturated rings. The highest BCUT2D eigenvalue weighted by atomic mass is 16.3. The number of benzene rings is 1. The van der Waals surface area contributed by atoms with Gasteiger partial charge in [-0.2, -0.15) is 5.10 Å². The Morgan fingerprint density at radius 3 is 2.65 bits per heavy atom. The van der Waals surface area contributed by atoms with Crippen LogP contribution in [0.15, 0.2) is 42.6 Å². The summed E-state index contributed by atoms with van der Waals surface area (Å²) >= 11 is 0. The minimum absolute atomic E-state index is 0.00941. The molecule has 1 aromatic carbocycles. The first-order valence-electron chi connectivity index (χ1n) is 6.64. The van der Waals surface area contributed by atoms with Crippen LogP contribution in [0.2, 0.25) is 0 Å². The van der Waals surface area contributed by atoms with Gasteiger partial charge in [0.15, 0.2) is 5.69 Å². The monoisotopic (exact) mass is 273 g/mol. The van der Waals surface area contributed by atoms with Gasteiger partial charge in [-0.15, -0.1) is 0 Å². The van der Waals surface area contributed by atoms with Gasteiger partial charge in [-0.25, -0.2) is 4.68 Å². The molecule has 2 unspecified atom stereocenters. The van der Waals surface area contributed by atoms with Crippen LogP contribution >= 0.6 is 0 Å². The number of rotatable bonds is 5. The Kier molecular flexibility index (Phi) is 4.53. The van der Waals surface area contributed by atoms with Crippen LogP contribution in [0.1, 0.15) is 24.3 Å². The van der Waals surface area contributed by atoms with Crippen LogP contribution < -0.4 is 5.32 Å². The average Bonchev–Trinajstić information content (AvgIpc) is 2.97. The fourth-order valence-electron chi connectivity index (χ4n) is 1.75. The van der Waals surface area contributed by atoms with Crippen LogP contribution in [0, 0.1) is 5.92 Å². The van der Waals surface area contributed by atoms with E-state index in [1.54, 1.807) is 16.9 Å². The van der Waals surface area contributed by atoms with Crippen LogP contribution in [0.5, 0.6) is 0 Å². The number of hydrogen-bond donors (Lipinski definition) is 2. The van der Waals surface area contributed by atoms with Gasteiger partial charge in [0.1, 0.15) is 0 Å². The van der Waals surface area contributed by atoms with Crippen LogP contribution in [-0.2, 0) is 0 Å². The summed E-state index contributed by atoms with van der Waals surface area (Å²) in [6.45, 7) is 3.79. The maximum absolute atomic E-state index is 12.1. The molecule has 2 N–H and O–H groups in total. The van der Waals surface area contributed by atoms with E-state index in [1.165, 1.54) is 0 Å². The number of nitrogens with one attached hydrogen (secondary N) is 1. The molecule has 2 rings (SSSR count). The van der Waals surface area contributed by atoms with Crippen LogP contribution in [0.4, 0.5) is 0 Å². The highest BCUT2D eigenvalue weighted by Crippen LogP contribution is 2.08. The van der Waals surface area contributed by atoms with Crippen molar-refractivity contribution in [2.45, 2.75) is 19.9 Å². The van der Waals surface area contributed by atoms with Crippen LogP contribution in [-0.4, -0.2) is 33.4 Å². The Hall–Kier alpha value is -2.14. The number of carbonyl (C=O) groups is 1. The molecular weight excluding hydrogens is 254 g/mol. The van der Waals surface area contributed by atoms with E-state index < -0.39 is 0 Å². The zero-order chi connectivity index (χ0) is 14.5. The molecule has 5 heteroatoms. The first-order valence-corrected chi connectivity index (χ1v) is 6.64. The predicted octanol–water partition coefficient (Wildman–Crippen LogP) is 1.62. The van der Waals surface area contributed by atoms with Gasteiger partial charge in [-0.1, -0.05) is 25.1 Å². The lowest BCUT2D eigenvalue weighted by atomic mass is 10.1. The van der Waals surface area contributed by atoms with Crippen molar-refractivity contribution in [2.75, 3.05) is 6.61 Å². The zero-order valence-electron chi connectivity index (χ0n) is 11.7. The minimum Gasteiger partial charge on any atom is -0.396 e. The van der Waals surface area contributed by atoms with Crippen molar-refractivity contribution in [2.24, 2.45) is 5.92 Å². The van der Waals surface area contributed by atoms with Gasteiger partial charge in [0.25, 0.3) is 5.91 Å². The second-order valence-electron chi connectivity index (χ2n) is 4.90. The summed E-state index contributed by atoms with van der Waals surface area (Å²) < 4.78 is 1.66. The molecule has 0 spiro atoms.